The Labute approximate surface area is 360 Å². The van der Waals surface area contributed by atoms with Crippen LogP contribution in [0, 0.1) is 5.92 Å². The summed E-state index contributed by atoms with van der Waals surface area (Å²) < 4.78 is 0. The van der Waals surface area contributed by atoms with Gasteiger partial charge in [-0.05, 0) is 97.5 Å². The molecule has 296 valence electrons. The lowest BCUT2D eigenvalue weighted by molar-refractivity contribution is 0.954. The first-order valence-corrected chi connectivity index (χ1v) is 21.1. The van der Waals surface area contributed by atoms with E-state index in [9.17, 15) is 0 Å². The highest BCUT2D eigenvalue weighted by Gasteiger charge is 2.17. The molecule has 1 aliphatic carbocycles. The summed E-state index contributed by atoms with van der Waals surface area (Å²) in [6, 6.07) is 51.9. The molecule has 0 saturated heterocycles. The third kappa shape index (κ3) is 8.67. The van der Waals surface area contributed by atoms with Gasteiger partial charge in [0.1, 0.15) is 0 Å². The van der Waals surface area contributed by atoms with Crippen LogP contribution >= 0.6 is 0 Å². The number of allylic oxidation sites excluding steroid dienone is 10. The summed E-state index contributed by atoms with van der Waals surface area (Å²) in [4.78, 5) is 10.7. The van der Waals surface area contributed by atoms with Crippen molar-refractivity contribution in [1.82, 2.24) is 9.97 Å². The van der Waals surface area contributed by atoms with E-state index in [-0.39, 0.29) is 5.92 Å². The van der Waals surface area contributed by atoms with E-state index in [2.05, 4.69) is 209 Å². The molecule has 0 fully saturated rings. The summed E-state index contributed by atoms with van der Waals surface area (Å²) in [6.45, 7) is 14.6. The van der Waals surface area contributed by atoms with Crippen LogP contribution in [-0.2, 0) is 0 Å². The second-order valence-corrected chi connectivity index (χ2v) is 15.4. The van der Waals surface area contributed by atoms with Gasteiger partial charge in [0.05, 0.1) is 11.4 Å². The lowest BCUT2D eigenvalue weighted by Gasteiger charge is -2.17. The molecule has 1 heterocycles. The zero-order chi connectivity index (χ0) is 42.1. The zero-order valence-corrected chi connectivity index (χ0v) is 35.2. The van der Waals surface area contributed by atoms with Gasteiger partial charge < -0.3 is 0 Å². The SMILES string of the molecule is C=C/C=c1/cccc/c1=C(C)\C1=c2/cccc/c2=C(\c2cccc(-c3nc(-c4ccc(/C(C=C)=C/C=C\C)cc4)cc(-c4cccc5ccccc45)n3)c2)C(C)/C=C\C=C/C1. The molecule has 8 rings (SSSR count). The van der Waals surface area contributed by atoms with Gasteiger partial charge in [0.2, 0.25) is 0 Å². The molecule has 0 aliphatic heterocycles. The van der Waals surface area contributed by atoms with Crippen molar-refractivity contribution in [3.63, 3.8) is 0 Å². The molecule has 6 aromatic carbocycles. The summed E-state index contributed by atoms with van der Waals surface area (Å²) in [5.41, 5.74) is 11.9. The molecule has 0 saturated carbocycles. The topological polar surface area (TPSA) is 25.8 Å². The van der Waals surface area contributed by atoms with Crippen molar-refractivity contribution in [2.24, 2.45) is 5.92 Å². The van der Waals surface area contributed by atoms with E-state index in [1.807, 2.05) is 31.2 Å². The third-order valence-electron chi connectivity index (χ3n) is 11.5. The van der Waals surface area contributed by atoms with Crippen LogP contribution < -0.4 is 20.9 Å². The second-order valence-electron chi connectivity index (χ2n) is 15.4. The van der Waals surface area contributed by atoms with Crippen LogP contribution in [0.2, 0.25) is 0 Å². The van der Waals surface area contributed by atoms with Crippen molar-refractivity contribution in [3.8, 4) is 33.9 Å². The van der Waals surface area contributed by atoms with Crippen LogP contribution in [0.15, 0.2) is 213 Å². The van der Waals surface area contributed by atoms with Gasteiger partial charge in [0, 0.05) is 22.6 Å². The molecule has 0 amide bonds. The highest BCUT2D eigenvalue weighted by Crippen LogP contribution is 2.34. The number of benzene rings is 6. The molecular formula is C59H50N2. The minimum absolute atomic E-state index is 0.112. The number of rotatable bonds is 9. The molecule has 1 unspecified atom stereocenters. The summed E-state index contributed by atoms with van der Waals surface area (Å²) in [7, 11) is 0. The number of nitrogens with zero attached hydrogens (tertiary/aromatic N) is 2. The number of aromatic nitrogens is 2. The minimum Gasteiger partial charge on any atom is -0.228 e. The van der Waals surface area contributed by atoms with Gasteiger partial charge in [0.15, 0.2) is 5.82 Å². The Balaban J connectivity index is 1.36. The van der Waals surface area contributed by atoms with E-state index in [1.54, 1.807) is 0 Å². The average Bonchev–Trinajstić information content (AvgIpc) is 3.31. The van der Waals surface area contributed by atoms with E-state index in [0.717, 1.165) is 61.8 Å². The lowest BCUT2D eigenvalue weighted by Crippen LogP contribution is -2.33. The first-order chi connectivity index (χ1) is 30.0. The minimum atomic E-state index is 0.112. The van der Waals surface area contributed by atoms with Gasteiger partial charge >= 0.3 is 0 Å². The van der Waals surface area contributed by atoms with Crippen LogP contribution in [0.25, 0.3) is 73.0 Å². The predicted octanol–water partition coefficient (Wildman–Crippen LogP) is 12.1. The Morgan fingerprint density at radius 2 is 1.41 bits per heavy atom. The maximum Gasteiger partial charge on any atom is 0.160 e. The smallest absolute Gasteiger partial charge is 0.160 e. The van der Waals surface area contributed by atoms with E-state index >= 15 is 0 Å². The Bertz CT molecular complexity index is 3170. The van der Waals surface area contributed by atoms with Crippen LogP contribution in [0.5, 0.6) is 0 Å². The number of hydrogen-bond acceptors (Lipinski definition) is 2. The Kier molecular flexibility index (Phi) is 12.3. The largest absolute Gasteiger partial charge is 0.228 e. The van der Waals surface area contributed by atoms with Crippen molar-refractivity contribution in [1.29, 1.82) is 0 Å². The normalized spacial score (nSPS) is 18.0. The van der Waals surface area contributed by atoms with Crippen LogP contribution in [0.3, 0.4) is 0 Å². The fraction of sp³-hybridized carbons (Fsp3) is 0.0847. The number of fused-ring (bicyclic) bond motifs is 2. The van der Waals surface area contributed by atoms with Gasteiger partial charge in [-0.25, -0.2) is 9.97 Å². The molecule has 61 heavy (non-hydrogen) atoms. The average molecular weight is 787 g/mol. The molecule has 1 aliphatic rings. The highest BCUT2D eigenvalue weighted by molar-refractivity contribution is 5.96. The maximum absolute atomic E-state index is 5.35. The predicted molar refractivity (Wildman–Crippen MR) is 262 cm³/mol. The molecule has 2 nitrogen and oxygen atoms in total. The van der Waals surface area contributed by atoms with Crippen molar-refractivity contribution >= 4 is 39.1 Å². The first kappa shape index (κ1) is 40.4. The number of hydrogen-bond donors (Lipinski definition) is 0. The van der Waals surface area contributed by atoms with E-state index < -0.39 is 0 Å². The van der Waals surface area contributed by atoms with Crippen LogP contribution in [0.1, 0.15) is 38.3 Å². The highest BCUT2D eigenvalue weighted by atomic mass is 14.9. The molecule has 2 heteroatoms. The fourth-order valence-electron chi connectivity index (χ4n) is 8.43. The summed E-state index contributed by atoms with van der Waals surface area (Å²) in [6.07, 6.45) is 21.8. The Morgan fingerprint density at radius 1 is 0.689 bits per heavy atom. The Hall–Kier alpha value is -7.42. The van der Waals surface area contributed by atoms with Gasteiger partial charge in [-0.1, -0.05) is 214 Å². The molecule has 0 spiro atoms. The molecule has 1 aromatic heterocycles. The summed E-state index contributed by atoms with van der Waals surface area (Å²) in [5, 5.41) is 7.16. The zero-order valence-electron chi connectivity index (χ0n) is 35.2. The van der Waals surface area contributed by atoms with Crippen molar-refractivity contribution in [2.75, 3.05) is 0 Å². The van der Waals surface area contributed by atoms with Crippen LogP contribution in [-0.4, -0.2) is 9.97 Å². The van der Waals surface area contributed by atoms with Gasteiger partial charge in [-0.15, -0.1) is 0 Å². The van der Waals surface area contributed by atoms with Crippen molar-refractivity contribution < 1.29 is 0 Å². The molecule has 1 atom stereocenters. The monoisotopic (exact) mass is 786 g/mol. The maximum atomic E-state index is 5.35. The van der Waals surface area contributed by atoms with Gasteiger partial charge in [-0.3, -0.25) is 0 Å². The molecule has 0 bridgehead atoms. The fourth-order valence-corrected chi connectivity index (χ4v) is 8.43. The first-order valence-electron chi connectivity index (χ1n) is 21.1. The molecule has 0 N–H and O–H groups in total. The third-order valence-corrected chi connectivity index (χ3v) is 11.5. The van der Waals surface area contributed by atoms with Gasteiger partial charge in [-0.2, -0.15) is 0 Å². The second kappa shape index (κ2) is 18.7. The Morgan fingerprint density at radius 3 is 2.23 bits per heavy atom. The van der Waals surface area contributed by atoms with Crippen molar-refractivity contribution in [3.05, 3.63) is 245 Å². The summed E-state index contributed by atoms with van der Waals surface area (Å²) in [5.74, 6) is 0.791. The van der Waals surface area contributed by atoms with E-state index in [4.69, 9.17) is 9.97 Å². The molecular weight excluding hydrogens is 737 g/mol. The standard InChI is InChI=1S/C59H50N2/c1-6-9-23-43(8-3)44-35-37-47(38-36-44)56-40-57(54-34-20-26-46-25-14-16-31-52(46)54)61-59(60-56)49-28-19-27-48(39-49)58-41(4)22-11-10-12-30-51(53-32-17-18-33-55(53)58)42(5)50-29-15-13-24-45(50)21-7-2/h6-29,31-41H,2-3,30H2,1,4-5H3/b9-6-,12-10-,22-11-,43-23+,45-21-,50-42+,53-51+,58-55+. The summed E-state index contributed by atoms with van der Waals surface area (Å²) >= 11 is 0. The van der Waals surface area contributed by atoms with Gasteiger partial charge in [0.25, 0.3) is 0 Å². The van der Waals surface area contributed by atoms with Crippen LogP contribution in [0.4, 0.5) is 0 Å². The van der Waals surface area contributed by atoms with E-state index in [1.165, 1.54) is 37.8 Å². The van der Waals surface area contributed by atoms with Crippen molar-refractivity contribution in [2.45, 2.75) is 27.2 Å². The molecule has 0 radical (unpaired) electrons. The quantitative estimate of drug-likeness (QED) is 0.136. The van der Waals surface area contributed by atoms with E-state index in [0.29, 0.717) is 5.82 Å². The molecule has 7 aromatic rings. The lowest BCUT2D eigenvalue weighted by atomic mass is 9.87.